The fourth-order valence-corrected chi connectivity index (χ4v) is 3.28. The number of nitro benzene ring substituents is 1. The number of carbonyl (C=O) groups is 2. The van der Waals surface area contributed by atoms with Gasteiger partial charge in [-0.15, -0.1) is 11.3 Å². The van der Waals surface area contributed by atoms with Crippen molar-refractivity contribution < 1.29 is 19.2 Å². The van der Waals surface area contributed by atoms with E-state index in [1.54, 1.807) is 6.92 Å². The Bertz CT molecular complexity index is 847. The molecule has 24 heavy (non-hydrogen) atoms. The summed E-state index contributed by atoms with van der Waals surface area (Å²) in [6.07, 6.45) is 0. The summed E-state index contributed by atoms with van der Waals surface area (Å²) >= 11 is 7.17. The molecule has 0 aliphatic carbocycles. The normalized spacial score (nSPS) is 10.3. The highest BCUT2D eigenvalue weighted by atomic mass is 35.5. The first-order valence-corrected chi connectivity index (χ1v) is 7.89. The summed E-state index contributed by atoms with van der Waals surface area (Å²) in [6.45, 7) is 3.55. The lowest BCUT2D eigenvalue weighted by Crippen LogP contribution is -2.15. The molecular weight excluding hydrogens is 356 g/mol. The number of benzene rings is 1. The fraction of sp³-hybridized carbons (Fsp3) is 0.200. The zero-order valence-corrected chi connectivity index (χ0v) is 14.6. The van der Waals surface area contributed by atoms with E-state index in [0.29, 0.717) is 10.6 Å². The Labute approximate surface area is 146 Å². The van der Waals surface area contributed by atoms with Crippen LogP contribution < -0.4 is 5.32 Å². The standard InChI is InChI=1S/C15H13ClN2O5S/c1-7-8(2)24-14(12(7)15(20)23-3)17-13(19)10-6-9(18(21)22)4-5-11(10)16/h4-6H,1-3H3,(H,17,19). The second-order valence-electron chi connectivity index (χ2n) is 4.85. The third kappa shape index (κ3) is 3.39. The molecule has 0 radical (unpaired) electrons. The lowest BCUT2D eigenvalue weighted by molar-refractivity contribution is -0.384. The highest BCUT2D eigenvalue weighted by Crippen LogP contribution is 2.34. The van der Waals surface area contributed by atoms with Gasteiger partial charge in [-0.3, -0.25) is 14.9 Å². The van der Waals surface area contributed by atoms with Gasteiger partial charge in [0.15, 0.2) is 0 Å². The van der Waals surface area contributed by atoms with Crippen LogP contribution in [0.15, 0.2) is 18.2 Å². The first-order chi connectivity index (χ1) is 11.3. The molecule has 0 bridgehead atoms. The van der Waals surface area contributed by atoms with E-state index in [9.17, 15) is 19.7 Å². The molecule has 2 aromatic rings. The van der Waals surface area contributed by atoms with Gasteiger partial charge < -0.3 is 10.1 Å². The van der Waals surface area contributed by atoms with Gasteiger partial charge in [-0.05, 0) is 25.5 Å². The van der Waals surface area contributed by atoms with Crippen LogP contribution in [-0.2, 0) is 4.74 Å². The number of non-ortho nitro benzene ring substituents is 1. The van der Waals surface area contributed by atoms with E-state index < -0.39 is 16.8 Å². The van der Waals surface area contributed by atoms with Crippen molar-refractivity contribution >= 4 is 45.5 Å². The molecule has 7 nitrogen and oxygen atoms in total. The Morgan fingerprint density at radius 3 is 2.58 bits per heavy atom. The van der Waals surface area contributed by atoms with Gasteiger partial charge in [-0.2, -0.15) is 0 Å². The van der Waals surface area contributed by atoms with Crippen LogP contribution in [0.25, 0.3) is 0 Å². The molecule has 1 aromatic carbocycles. The van der Waals surface area contributed by atoms with Crippen LogP contribution in [0.4, 0.5) is 10.7 Å². The number of nitrogens with one attached hydrogen (secondary N) is 1. The number of thiophene rings is 1. The summed E-state index contributed by atoms with van der Waals surface area (Å²) in [4.78, 5) is 35.4. The van der Waals surface area contributed by atoms with E-state index in [1.165, 1.54) is 30.6 Å². The van der Waals surface area contributed by atoms with Crippen LogP contribution in [0.5, 0.6) is 0 Å². The van der Waals surface area contributed by atoms with Crippen molar-refractivity contribution in [1.29, 1.82) is 0 Å². The number of halogens is 1. The molecule has 2 rings (SSSR count). The summed E-state index contributed by atoms with van der Waals surface area (Å²) in [5, 5.41) is 13.8. The first kappa shape index (κ1) is 17.9. The number of methoxy groups -OCH3 is 1. The zero-order chi connectivity index (χ0) is 18.0. The van der Waals surface area contributed by atoms with Gasteiger partial charge in [0.25, 0.3) is 11.6 Å². The molecule has 1 N–H and O–H groups in total. The Morgan fingerprint density at radius 1 is 1.33 bits per heavy atom. The van der Waals surface area contributed by atoms with Crippen molar-refractivity contribution in [2.45, 2.75) is 13.8 Å². The Balaban J connectivity index is 2.41. The number of ether oxygens (including phenoxy) is 1. The Hall–Kier alpha value is -2.45. The number of amides is 1. The van der Waals surface area contributed by atoms with Crippen LogP contribution in [0.1, 0.15) is 31.2 Å². The minimum Gasteiger partial charge on any atom is -0.465 e. The van der Waals surface area contributed by atoms with E-state index >= 15 is 0 Å². The van der Waals surface area contributed by atoms with Crippen molar-refractivity contribution in [3.63, 3.8) is 0 Å². The van der Waals surface area contributed by atoms with Gasteiger partial charge in [-0.25, -0.2) is 4.79 Å². The molecule has 0 saturated heterocycles. The number of esters is 1. The molecule has 0 spiro atoms. The van der Waals surface area contributed by atoms with Crippen LogP contribution in [0.2, 0.25) is 5.02 Å². The summed E-state index contributed by atoms with van der Waals surface area (Å²) in [5.74, 6) is -1.22. The topological polar surface area (TPSA) is 98.5 Å². The number of rotatable bonds is 4. The number of nitro groups is 1. The third-order valence-electron chi connectivity index (χ3n) is 3.41. The second-order valence-corrected chi connectivity index (χ2v) is 6.49. The molecular formula is C15H13ClN2O5S. The first-order valence-electron chi connectivity index (χ1n) is 6.69. The van der Waals surface area contributed by atoms with Gasteiger partial charge in [0, 0.05) is 17.0 Å². The van der Waals surface area contributed by atoms with Crippen molar-refractivity contribution in [2.24, 2.45) is 0 Å². The lowest BCUT2D eigenvalue weighted by Gasteiger charge is -2.07. The maximum Gasteiger partial charge on any atom is 0.341 e. The van der Waals surface area contributed by atoms with Gasteiger partial charge >= 0.3 is 5.97 Å². The lowest BCUT2D eigenvalue weighted by atomic mass is 10.1. The fourth-order valence-electron chi connectivity index (χ4n) is 2.03. The van der Waals surface area contributed by atoms with Gasteiger partial charge in [0.05, 0.1) is 28.2 Å². The number of hydrogen-bond acceptors (Lipinski definition) is 6. The smallest absolute Gasteiger partial charge is 0.341 e. The summed E-state index contributed by atoms with van der Waals surface area (Å²) in [6, 6.07) is 3.57. The van der Waals surface area contributed by atoms with Crippen LogP contribution in [0, 0.1) is 24.0 Å². The summed E-state index contributed by atoms with van der Waals surface area (Å²) < 4.78 is 4.73. The molecule has 0 fully saturated rings. The van der Waals surface area contributed by atoms with E-state index in [0.717, 1.165) is 10.9 Å². The van der Waals surface area contributed by atoms with E-state index in [4.69, 9.17) is 16.3 Å². The molecule has 126 valence electrons. The number of carbonyl (C=O) groups excluding carboxylic acids is 2. The minimum atomic E-state index is -0.643. The second kappa shape index (κ2) is 6.98. The number of nitrogens with zero attached hydrogens (tertiary/aromatic N) is 1. The third-order valence-corrected chi connectivity index (χ3v) is 4.86. The molecule has 1 aromatic heterocycles. The number of aryl methyl sites for hydroxylation is 1. The Kier molecular flexibility index (Phi) is 5.20. The SMILES string of the molecule is COC(=O)c1c(NC(=O)c2cc([N+](=O)[O-])ccc2Cl)sc(C)c1C. The molecule has 1 heterocycles. The number of anilines is 1. The van der Waals surface area contributed by atoms with Crippen molar-refractivity contribution in [3.8, 4) is 0 Å². The van der Waals surface area contributed by atoms with Gasteiger partial charge in [0.1, 0.15) is 5.00 Å². The van der Waals surface area contributed by atoms with Crippen LogP contribution in [-0.4, -0.2) is 23.9 Å². The highest BCUT2D eigenvalue weighted by Gasteiger charge is 2.23. The van der Waals surface area contributed by atoms with E-state index in [1.807, 2.05) is 6.92 Å². The molecule has 9 heteroatoms. The average Bonchev–Trinajstić information content (AvgIpc) is 2.81. The predicted octanol–water partition coefficient (Wildman–Crippen LogP) is 3.97. The maximum absolute atomic E-state index is 12.4. The summed E-state index contributed by atoms with van der Waals surface area (Å²) in [7, 11) is 1.25. The van der Waals surface area contributed by atoms with Gasteiger partial charge in [-0.1, -0.05) is 11.6 Å². The molecule has 0 aliphatic rings. The molecule has 0 atom stereocenters. The number of hydrogen-bond donors (Lipinski definition) is 1. The van der Waals surface area contributed by atoms with Crippen molar-refractivity contribution in [1.82, 2.24) is 0 Å². The maximum atomic E-state index is 12.4. The van der Waals surface area contributed by atoms with Crippen LogP contribution in [0.3, 0.4) is 0 Å². The quantitative estimate of drug-likeness (QED) is 0.500. The highest BCUT2D eigenvalue weighted by molar-refractivity contribution is 7.16. The van der Waals surface area contributed by atoms with Crippen molar-refractivity contribution in [3.05, 3.63) is 54.9 Å². The molecule has 0 unspecified atom stereocenters. The Morgan fingerprint density at radius 2 is 2.00 bits per heavy atom. The van der Waals surface area contributed by atoms with E-state index in [2.05, 4.69) is 5.32 Å². The molecule has 0 aliphatic heterocycles. The zero-order valence-electron chi connectivity index (χ0n) is 13.0. The predicted molar refractivity (Wildman–Crippen MR) is 91.2 cm³/mol. The molecule has 0 saturated carbocycles. The van der Waals surface area contributed by atoms with Crippen LogP contribution >= 0.6 is 22.9 Å². The largest absolute Gasteiger partial charge is 0.465 e. The molecule has 1 amide bonds. The van der Waals surface area contributed by atoms with Gasteiger partial charge in [0.2, 0.25) is 0 Å². The van der Waals surface area contributed by atoms with E-state index in [-0.39, 0.29) is 21.8 Å². The minimum absolute atomic E-state index is 0.0506. The summed E-state index contributed by atoms with van der Waals surface area (Å²) in [5.41, 5.74) is 0.656. The monoisotopic (exact) mass is 368 g/mol. The van der Waals surface area contributed by atoms with Crippen molar-refractivity contribution in [2.75, 3.05) is 12.4 Å². The average molecular weight is 369 g/mol.